The summed E-state index contributed by atoms with van der Waals surface area (Å²) >= 11 is 3.38. The summed E-state index contributed by atoms with van der Waals surface area (Å²) in [4.78, 5) is 20.6. The van der Waals surface area contributed by atoms with Crippen molar-refractivity contribution in [3.05, 3.63) is 36.2 Å². The average molecular weight is 308 g/mol. The van der Waals surface area contributed by atoms with Crippen LogP contribution in [0.1, 0.15) is 24.2 Å². The molecule has 0 radical (unpaired) electrons. The van der Waals surface area contributed by atoms with Crippen molar-refractivity contribution < 1.29 is 4.79 Å². The van der Waals surface area contributed by atoms with Crippen LogP contribution in [0, 0.1) is 0 Å². The highest BCUT2D eigenvalue weighted by Crippen LogP contribution is 2.15. The van der Waals surface area contributed by atoms with Gasteiger partial charge in [-0.3, -0.25) is 14.8 Å². The summed E-state index contributed by atoms with van der Waals surface area (Å²) in [5.41, 5.74) is 1.60. The number of nitrogens with one attached hydrogen (secondary N) is 1. The molecule has 4 nitrogen and oxygen atoms in total. The maximum atomic E-state index is 12.2. The van der Waals surface area contributed by atoms with E-state index in [0.29, 0.717) is 16.4 Å². The van der Waals surface area contributed by atoms with E-state index in [2.05, 4.69) is 31.2 Å². The van der Waals surface area contributed by atoms with Gasteiger partial charge in [-0.05, 0) is 26.0 Å². The summed E-state index contributed by atoms with van der Waals surface area (Å²) in [6, 6.07) is 5.42. The van der Waals surface area contributed by atoms with E-state index in [4.69, 9.17) is 0 Å². The summed E-state index contributed by atoms with van der Waals surface area (Å²) in [7, 11) is 0. The summed E-state index contributed by atoms with van der Waals surface area (Å²) < 4.78 is 0. The second-order valence-electron chi connectivity index (χ2n) is 4.70. The molecule has 0 atom stereocenters. The molecule has 18 heavy (non-hydrogen) atoms. The molecular weight excluding hydrogens is 294 g/mol. The molecule has 94 valence electrons. The number of benzene rings is 1. The van der Waals surface area contributed by atoms with Gasteiger partial charge in [0.15, 0.2) is 0 Å². The number of amides is 1. The van der Waals surface area contributed by atoms with Crippen molar-refractivity contribution in [3.63, 3.8) is 0 Å². The third kappa shape index (κ3) is 2.67. The zero-order valence-corrected chi connectivity index (χ0v) is 11.9. The van der Waals surface area contributed by atoms with Crippen LogP contribution in [0.2, 0.25) is 0 Å². The molecule has 1 N–H and O–H groups in total. The van der Waals surface area contributed by atoms with E-state index < -0.39 is 0 Å². The van der Waals surface area contributed by atoms with Crippen LogP contribution in [-0.2, 0) is 0 Å². The van der Waals surface area contributed by atoms with Crippen LogP contribution in [0.5, 0.6) is 0 Å². The molecule has 2 rings (SSSR count). The molecule has 1 aromatic heterocycles. The minimum Gasteiger partial charge on any atom is -0.346 e. The first kappa shape index (κ1) is 13.0. The van der Waals surface area contributed by atoms with Crippen molar-refractivity contribution in [1.82, 2.24) is 15.3 Å². The zero-order valence-electron chi connectivity index (χ0n) is 10.3. The average Bonchev–Trinajstić information content (AvgIpc) is 2.37. The van der Waals surface area contributed by atoms with Crippen LogP contribution in [0.4, 0.5) is 0 Å². The summed E-state index contributed by atoms with van der Waals surface area (Å²) in [6.45, 7) is 3.91. The highest BCUT2D eigenvalue weighted by molar-refractivity contribution is 9.09. The van der Waals surface area contributed by atoms with E-state index in [1.54, 1.807) is 18.5 Å². The quantitative estimate of drug-likeness (QED) is 0.887. The SMILES string of the molecule is CC(C)(CBr)NC(=O)c1cccc2nccnc12. The Bertz CT molecular complexity index is 578. The third-order valence-electron chi connectivity index (χ3n) is 2.53. The van der Waals surface area contributed by atoms with Crippen molar-refractivity contribution in [2.75, 3.05) is 5.33 Å². The van der Waals surface area contributed by atoms with Gasteiger partial charge in [0.2, 0.25) is 0 Å². The van der Waals surface area contributed by atoms with Crippen LogP contribution in [-0.4, -0.2) is 26.7 Å². The highest BCUT2D eigenvalue weighted by Gasteiger charge is 2.21. The van der Waals surface area contributed by atoms with E-state index in [0.717, 1.165) is 5.52 Å². The van der Waals surface area contributed by atoms with Gasteiger partial charge >= 0.3 is 0 Å². The monoisotopic (exact) mass is 307 g/mol. The Labute approximate surface area is 114 Å². The van der Waals surface area contributed by atoms with E-state index in [9.17, 15) is 4.79 Å². The molecular formula is C13H14BrN3O. The van der Waals surface area contributed by atoms with Gasteiger partial charge in [-0.15, -0.1) is 0 Å². The molecule has 1 aromatic carbocycles. The first-order chi connectivity index (χ1) is 8.53. The van der Waals surface area contributed by atoms with Gasteiger partial charge in [0.05, 0.1) is 11.1 Å². The molecule has 5 heteroatoms. The fraction of sp³-hybridized carbons (Fsp3) is 0.308. The predicted octanol–water partition coefficient (Wildman–Crippen LogP) is 2.53. The van der Waals surface area contributed by atoms with Crippen molar-refractivity contribution in [2.45, 2.75) is 19.4 Å². The second kappa shape index (κ2) is 5.02. The molecule has 0 aliphatic rings. The second-order valence-corrected chi connectivity index (χ2v) is 5.26. The number of carbonyl (C=O) groups is 1. The van der Waals surface area contributed by atoms with Gasteiger partial charge in [0.25, 0.3) is 5.91 Å². The van der Waals surface area contributed by atoms with Crippen molar-refractivity contribution in [3.8, 4) is 0 Å². The standard InChI is InChI=1S/C13H14BrN3O/c1-13(2,8-14)17-12(18)9-4-3-5-10-11(9)16-7-6-15-10/h3-7H,8H2,1-2H3,(H,17,18). The number of aromatic nitrogens is 2. The molecule has 0 unspecified atom stereocenters. The Morgan fingerprint density at radius 2 is 2.06 bits per heavy atom. The predicted molar refractivity (Wildman–Crippen MR) is 74.9 cm³/mol. The van der Waals surface area contributed by atoms with E-state index in [1.807, 2.05) is 26.0 Å². The summed E-state index contributed by atoms with van der Waals surface area (Å²) in [5.74, 6) is -0.134. The number of alkyl halides is 1. The van der Waals surface area contributed by atoms with Crippen molar-refractivity contribution in [1.29, 1.82) is 0 Å². The van der Waals surface area contributed by atoms with Gasteiger partial charge in [-0.1, -0.05) is 22.0 Å². The van der Waals surface area contributed by atoms with Crippen molar-refractivity contribution >= 4 is 32.9 Å². The fourth-order valence-electron chi connectivity index (χ4n) is 1.58. The number of hydrogen-bond donors (Lipinski definition) is 1. The molecule has 0 spiro atoms. The normalized spacial score (nSPS) is 11.5. The van der Waals surface area contributed by atoms with Gasteiger partial charge in [-0.2, -0.15) is 0 Å². The summed E-state index contributed by atoms with van der Waals surface area (Å²) in [6.07, 6.45) is 3.21. The van der Waals surface area contributed by atoms with E-state index in [1.165, 1.54) is 0 Å². The maximum absolute atomic E-state index is 12.2. The minimum atomic E-state index is -0.304. The Balaban J connectivity index is 2.39. The Kier molecular flexibility index (Phi) is 3.61. The number of rotatable bonds is 3. The number of hydrogen-bond acceptors (Lipinski definition) is 3. The first-order valence-electron chi connectivity index (χ1n) is 5.62. The number of para-hydroxylation sites is 1. The topological polar surface area (TPSA) is 54.9 Å². The van der Waals surface area contributed by atoms with Gasteiger partial charge in [-0.25, -0.2) is 0 Å². The third-order valence-corrected chi connectivity index (χ3v) is 3.93. The lowest BCUT2D eigenvalue weighted by Gasteiger charge is -2.23. The van der Waals surface area contributed by atoms with Gasteiger partial charge < -0.3 is 5.32 Å². The smallest absolute Gasteiger partial charge is 0.253 e. The largest absolute Gasteiger partial charge is 0.346 e. The molecule has 0 aliphatic heterocycles. The lowest BCUT2D eigenvalue weighted by Crippen LogP contribution is -2.44. The van der Waals surface area contributed by atoms with Gasteiger partial charge in [0, 0.05) is 23.3 Å². The zero-order chi connectivity index (χ0) is 13.2. The number of halogens is 1. The van der Waals surface area contributed by atoms with Crippen LogP contribution < -0.4 is 5.32 Å². The Morgan fingerprint density at radius 1 is 1.33 bits per heavy atom. The molecule has 0 saturated carbocycles. The van der Waals surface area contributed by atoms with E-state index in [-0.39, 0.29) is 11.4 Å². The molecule has 0 fully saturated rings. The summed E-state index contributed by atoms with van der Waals surface area (Å²) in [5, 5.41) is 3.64. The van der Waals surface area contributed by atoms with Crippen LogP contribution in [0.25, 0.3) is 11.0 Å². The lowest BCUT2D eigenvalue weighted by molar-refractivity contribution is 0.0923. The molecule has 1 heterocycles. The first-order valence-corrected chi connectivity index (χ1v) is 6.74. The maximum Gasteiger partial charge on any atom is 0.253 e. The van der Waals surface area contributed by atoms with Gasteiger partial charge in [0.1, 0.15) is 5.52 Å². The molecule has 2 aromatic rings. The number of fused-ring (bicyclic) bond motifs is 1. The highest BCUT2D eigenvalue weighted by atomic mass is 79.9. The number of carbonyl (C=O) groups excluding carboxylic acids is 1. The fourth-order valence-corrected chi connectivity index (χ4v) is 1.72. The molecule has 0 aliphatic carbocycles. The van der Waals surface area contributed by atoms with Crippen LogP contribution in [0.15, 0.2) is 30.6 Å². The Hall–Kier alpha value is -1.49. The molecule has 1 amide bonds. The number of nitrogens with zero attached hydrogens (tertiary/aromatic N) is 2. The van der Waals surface area contributed by atoms with Crippen LogP contribution in [0.3, 0.4) is 0 Å². The molecule has 0 bridgehead atoms. The molecule has 0 saturated heterocycles. The van der Waals surface area contributed by atoms with Crippen LogP contribution >= 0.6 is 15.9 Å². The van der Waals surface area contributed by atoms with Crippen molar-refractivity contribution in [2.24, 2.45) is 0 Å². The van der Waals surface area contributed by atoms with E-state index >= 15 is 0 Å². The Morgan fingerprint density at radius 3 is 2.78 bits per heavy atom. The lowest BCUT2D eigenvalue weighted by atomic mass is 10.1. The minimum absolute atomic E-state index is 0.134.